The number of rotatable bonds is 3. The molecule has 0 saturated carbocycles. The van der Waals surface area contributed by atoms with Gasteiger partial charge >= 0.3 is 0 Å². The third kappa shape index (κ3) is 3.95. The van der Waals surface area contributed by atoms with Crippen LogP contribution in [0.5, 0.6) is 0 Å². The van der Waals surface area contributed by atoms with E-state index in [1.165, 1.54) is 11.9 Å². The third-order valence-electron chi connectivity index (χ3n) is 5.11. The highest BCUT2D eigenvalue weighted by Crippen LogP contribution is 2.22. The van der Waals surface area contributed by atoms with Crippen molar-refractivity contribution in [3.8, 4) is 0 Å². The first-order chi connectivity index (χ1) is 13.2. The molecule has 4 rings (SSSR count). The van der Waals surface area contributed by atoms with Crippen LogP contribution in [0, 0.1) is 5.92 Å². The van der Waals surface area contributed by atoms with Gasteiger partial charge in [0.05, 0.1) is 5.52 Å². The van der Waals surface area contributed by atoms with E-state index in [0.717, 1.165) is 37.0 Å². The van der Waals surface area contributed by atoms with Crippen molar-refractivity contribution in [2.75, 3.05) is 33.2 Å². The van der Waals surface area contributed by atoms with Crippen LogP contribution >= 0.6 is 0 Å². The van der Waals surface area contributed by atoms with Crippen molar-refractivity contribution in [3.05, 3.63) is 66.4 Å². The normalized spacial score (nSPS) is 18.4. The van der Waals surface area contributed by atoms with E-state index in [4.69, 9.17) is 0 Å². The minimum atomic E-state index is -0.0197. The molecule has 6 heteroatoms. The van der Waals surface area contributed by atoms with Gasteiger partial charge in [-0.05, 0) is 37.1 Å². The lowest BCUT2D eigenvalue weighted by Crippen LogP contribution is -2.37. The average molecular weight is 361 g/mol. The Balaban J connectivity index is 1.57. The zero-order valence-electron chi connectivity index (χ0n) is 15.5. The molecule has 1 aliphatic rings. The molecule has 1 amide bonds. The Morgan fingerprint density at radius 3 is 2.81 bits per heavy atom. The zero-order valence-corrected chi connectivity index (χ0v) is 15.5. The Kier molecular flexibility index (Phi) is 5.07. The first-order valence-electron chi connectivity index (χ1n) is 9.27. The molecule has 1 aromatic carbocycles. The van der Waals surface area contributed by atoms with Crippen molar-refractivity contribution in [2.24, 2.45) is 5.92 Å². The molecular formula is C21H23N5O. The van der Waals surface area contributed by atoms with Crippen LogP contribution in [0.2, 0.25) is 0 Å². The summed E-state index contributed by atoms with van der Waals surface area (Å²) in [6.45, 7) is 3.25. The van der Waals surface area contributed by atoms with E-state index in [2.05, 4.69) is 51.2 Å². The highest BCUT2D eigenvalue weighted by molar-refractivity contribution is 5.92. The van der Waals surface area contributed by atoms with Gasteiger partial charge in [-0.15, -0.1) is 0 Å². The topological polar surface area (TPSA) is 62.2 Å². The van der Waals surface area contributed by atoms with Crippen molar-refractivity contribution >= 4 is 16.8 Å². The number of likely N-dealkylation sites (N-methyl/N-ethyl adjacent to an activating group) is 1. The minimum absolute atomic E-state index is 0.0197. The standard InChI is InChI=1S/C21H23N5O/c1-25-10-11-26(21(27)19-7-9-22-15-24-19)14-16(13-25)12-18-5-2-4-17-6-3-8-23-20(17)18/h2-9,15-16H,10-14H2,1H3/t16-/m0/s1. The van der Waals surface area contributed by atoms with Crippen LogP contribution in [0.25, 0.3) is 10.9 Å². The second-order valence-electron chi connectivity index (χ2n) is 7.17. The number of para-hydroxylation sites is 1. The highest BCUT2D eigenvalue weighted by Gasteiger charge is 2.26. The van der Waals surface area contributed by atoms with E-state index in [9.17, 15) is 4.79 Å². The summed E-state index contributed by atoms with van der Waals surface area (Å²) in [5.41, 5.74) is 2.75. The quantitative estimate of drug-likeness (QED) is 0.716. The lowest BCUT2D eigenvalue weighted by Gasteiger charge is -2.24. The molecule has 1 fully saturated rings. The third-order valence-corrected chi connectivity index (χ3v) is 5.11. The van der Waals surface area contributed by atoms with Gasteiger partial charge in [0.15, 0.2) is 0 Å². The van der Waals surface area contributed by atoms with Gasteiger partial charge in [0, 0.05) is 44.0 Å². The predicted octanol–water partition coefficient (Wildman–Crippen LogP) is 2.27. The van der Waals surface area contributed by atoms with E-state index >= 15 is 0 Å². The van der Waals surface area contributed by atoms with Gasteiger partial charge in [0.1, 0.15) is 12.0 Å². The summed E-state index contributed by atoms with van der Waals surface area (Å²) >= 11 is 0. The van der Waals surface area contributed by atoms with E-state index < -0.39 is 0 Å². The van der Waals surface area contributed by atoms with Crippen molar-refractivity contribution in [2.45, 2.75) is 6.42 Å². The van der Waals surface area contributed by atoms with Gasteiger partial charge in [-0.1, -0.05) is 24.3 Å². The zero-order chi connectivity index (χ0) is 18.6. The summed E-state index contributed by atoms with van der Waals surface area (Å²) in [5.74, 6) is 0.324. The fourth-order valence-electron chi connectivity index (χ4n) is 3.82. The molecule has 2 aromatic heterocycles. The molecule has 138 valence electrons. The number of hydrogen-bond acceptors (Lipinski definition) is 5. The lowest BCUT2D eigenvalue weighted by molar-refractivity contribution is 0.0740. The van der Waals surface area contributed by atoms with Crippen molar-refractivity contribution in [1.82, 2.24) is 24.8 Å². The molecule has 1 saturated heterocycles. The predicted molar refractivity (Wildman–Crippen MR) is 104 cm³/mol. The molecule has 3 heterocycles. The Labute approximate surface area is 158 Å². The number of pyridine rings is 1. The summed E-state index contributed by atoms with van der Waals surface area (Å²) in [4.78, 5) is 29.7. The number of nitrogens with zero attached hydrogens (tertiary/aromatic N) is 5. The van der Waals surface area contributed by atoms with E-state index in [1.54, 1.807) is 12.3 Å². The van der Waals surface area contributed by atoms with Gasteiger partial charge in [-0.25, -0.2) is 9.97 Å². The van der Waals surface area contributed by atoms with Crippen molar-refractivity contribution in [3.63, 3.8) is 0 Å². The number of aromatic nitrogens is 3. The second-order valence-corrected chi connectivity index (χ2v) is 7.17. The first-order valence-corrected chi connectivity index (χ1v) is 9.27. The van der Waals surface area contributed by atoms with Crippen LogP contribution in [0.4, 0.5) is 0 Å². The number of hydrogen-bond donors (Lipinski definition) is 0. The fourth-order valence-corrected chi connectivity index (χ4v) is 3.82. The van der Waals surface area contributed by atoms with Crippen LogP contribution in [0.1, 0.15) is 16.1 Å². The van der Waals surface area contributed by atoms with Crippen molar-refractivity contribution in [1.29, 1.82) is 0 Å². The molecule has 0 aliphatic carbocycles. The SMILES string of the molecule is CN1CCN(C(=O)c2ccncn2)C[C@@H](Cc2cccc3cccnc23)C1. The van der Waals surface area contributed by atoms with E-state index in [1.807, 2.05) is 17.2 Å². The molecule has 3 aromatic rings. The largest absolute Gasteiger partial charge is 0.336 e. The molecule has 1 atom stereocenters. The molecular weight excluding hydrogens is 338 g/mol. The lowest BCUT2D eigenvalue weighted by atomic mass is 9.96. The summed E-state index contributed by atoms with van der Waals surface area (Å²) in [6.07, 6.45) is 5.78. The number of amides is 1. The van der Waals surface area contributed by atoms with Gasteiger partial charge in [0.25, 0.3) is 5.91 Å². The van der Waals surface area contributed by atoms with Crippen LogP contribution < -0.4 is 0 Å². The monoisotopic (exact) mass is 361 g/mol. The molecule has 0 spiro atoms. The summed E-state index contributed by atoms with van der Waals surface area (Å²) in [5, 5.41) is 1.16. The van der Waals surface area contributed by atoms with Gasteiger partial charge in [0.2, 0.25) is 0 Å². The first kappa shape index (κ1) is 17.5. The fraction of sp³-hybridized carbons (Fsp3) is 0.333. The van der Waals surface area contributed by atoms with Crippen LogP contribution in [0.15, 0.2) is 55.1 Å². The molecule has 27 heavy (non-hydrogen) atoms. The van der Waals surface area contributed by atoms with Gasteiger partial charge < -0.3 is 9.80 Å². The molecule has 1 aliphatic heterocycles. The summed E-state index contributed by atoms with van der Waals surface area (Å²) in [6, 6.07) is 12.1. The minimum Gasteiger partial charge on any atom is -0.336 e. The van der Waals surface area contributed by atoms with Gasteiger partial charge in [-0.3, -0.25) is 9.78 Å². The maximum Gasteiger partial charge on any atom is 0.272 e. The Bertz CT molecular complexity index is 925. The van der Waals surface area contributed by atoms with Crippen LogP contribution in [0.3, 0.4) is 0 Å². The van der Waals surface area contributed by atoms with Crippen LogP contribution in [-0.4, -0.2) is 63.9 Å². The number of carbonyl (C=O) groups is 1. The Morgan fingerprint density at radius 1 is 1.07 bits per heavy atom. The number of fused-ring (bicyclic) bond motifs is 1. The average Bonchev–Trinajstić information content (AvgIpc) is 2.89. The molecule has 0 radical (unpaired) electrons. The number of benzene rings is 1. The smallest absolute Gasteiger partial charge is 0.272 e. The number of carbonyl (C=O) groups excluding carboxylic acids is 1. The molecule has 0 N–H and O–H groups in total. The summed E-state index contributed by atoms with van der Waals surface area (Å²) < 4.78 is 0. The maximum atomic E-state index is 12.9. The van der Waals surface area contributed by atoms with E-state index in [0.29, 0.717) is 18.2 Å². The van der Waals surface area contributed by atoms with Crippen LogP contribution in [-0.2, 0) is 6.42 Å². The molecule has 0 bridgehead atoms. The maximum absolute atomic E-state index is 12.9. The second kappa shape index (κ2) is 7.80. The van der Waals surface area contributed by atoms with E-state index in [-0.39, 0.29) is 5.91 Å². The molecule has 0 unspecified atom stereocenters. The highest BCUT2D eigenvalue weighted by atomic mass is 16.2. The Morgan fingerprint density at radius 2 is 1.96 bits per heavy atom. The van der Waals surface area contributed by atoms with Crippen molar-refractivity contribution < 1.29 is 4.79 Å². The molecule has 6 nitrogen and oxygen atoms in total. The Hall–Kier alpha value is -2.86. The summed E-state index contributed by atoms with van der Waals surface area (Å²) in [7, 11) is 2.12. The van der Waals surface area contributed by atoms with Gasteiger partial charge in [-0.2, -0.15) is 0 Å².